The zero-order valence-electron chi connectivity index (χ0n) is 9.29. The van der Waals surface area contributed by atoms with Gasteiger partial charge in [-0.2, -0.15) is 5.10 Å². The number of aromatic nitrogens is 2. The van der Waals surface area contributed by atoms with Crippen LogP contribution in [0.2, 0.25) is 0 Å². The van der Waals surface area contributed by atoms with Gasteiger partial charge in [0.15, 0.2) is 0 Å². The second kappa shape index (κ2) is 6.19. The van der Waals surface area contributed by atoms with Gasteiger partial charge in [0.1, 0.15) is 0 Å². The number of carbonyl (C=O) groups is 1. The number of carbonyl (C=O) groups excluding carboxylic acids is 1. The van der Waals surface area contributed by atoms with Crippen LogP contribution in [0.15, 0.2) is 12.3 Å². The Bertz CT molecular complexity index is 308. The molecular weight excluding hydrogens is 192 g/mol. The van der Waals surface area contributed by atoms with Crippen LogP contribution in [0.25, 0.3) is 0 Å². The highest BCUT2D eigenvalue weighted by Crippen LogP contribution is 1.92. The Kier molecular flexibility index (Phi) is 4.83. The quantitative estimate of drug-likeness (QED) is 0.652. The molecule has 1 aromatic heterocycles. The Morgan fingerprint density at radius 1 is 1.60 bits per heavy atom. The lowest BCUT2D eigenvalue weighted by Crippen LogP contribution is -2.27. The fourth-order valence-electron chi connectivity index (χ4n) is 1.26. The topological polar surface area (TPSA) is 59.0 Å². The molecule has 0 aliphatic rings. The fraction of sp³-hybridized carbons (Fsp3) is 0.600. The van der Waals surface area contributed by atoms with Gasteiger partial charge in [0.05, 0.1) is 5.69 Å². The molecule has 0 aromatic carbocycles. The summed E-state index contributed by atoms with van der Waals surface area (Å²) >= 11 is 0. The molecule has 5 nitrogen and oxygen atoms in total. The van der Waals surface area contributed by atoms with Crippen LogP contribution in [-0.4, -0.2) is 28.8 Å². The number of hydrogen-bond donors (Lipinski definition) is 2. The number of nitrogens with zero attached hydrogens (tertiary/aromatic N) is 2. The predicted octanol–water partition coefficient (Wildman–Crippen LogP) is 0.0359. The van der Waals surface area contributed by atoms with Crippen LogP contribution in [0.5, 0.6) is 0 Å². The summed E-state index contributed by atoms with van der Waals surface area (Å²) < 4.78 is 1.76. The van der Waals surface area contributed by atoms with Crippen LogP contribution < -0.4 is 10.6 Å². The van der Waals surface area contributed by atoms with Gasteiger partial charge in [0, 0.05) is 39.3 Å². The van der Waals surface area contributed by atoms with Crippen molar-refractivity contribution in [1.29, 1.82) is 0 Å². The largest absolute Gasteiger partial charge is 0.356 e. The molecule has 0 aliphatic carbocycles. The zero-order valence-corrected chi connectivity index (χ0v) is 9.29. The van der Waals surface area contributed by atoms with Crippen LogP contribution >= 0.6 is 0 Å². The van der Waals surface area contributed by atoms with Gasteiger partial charge in [-0.05, 0) is 13.0 Å². The molecule has 0 radical (unpaired) electrons. The predicted molar refractivity (Wildman–Crippen MR) is 58.2 cm³/mol. The Balaban J connectivity index is 2.09. The molecule has 15 heavy (non-hydrogen) atoms. The van der Waals surface area contributed by atoms with Gasteiger partial charge < -0.3 is 10.6 Å². The maximum atomic E-state index is 11.1. The van der Waals surface area contributed by atoms with Crippen molar-refractivity contribution < 1.29 is 4.79 Å². The molecule has 0 spiro atoms. The van der Waals surface area contributed by atoms with E-state index in [0.29, 0.717) is 26.1 Å². The van der Waals surface area contributed by atoms with Gasteiger partial charge in [0.25, 0.3) is 0 Å². The van der Waals surface area contributed by atoms with Crippen molar-refractivity contribution in [2.24, 2.45) is 7.05 Å². The fourth-order valence-corrected chi connectivity index (χ4v) is 1.26. The van der Waals surface area contributed by atoms with E-state index in [2.05, 4.69) is 15.7 Å². The van der Waals surface area contributed by atoms with E-state index in [1.807, 2.05) is 26.2 Å². The third kappa shape index (κ3) is 4.60. The molecule has 5 heteroatoms. The average molecular weight is 210 g/mol. The molecule has 0 aliphatic heterocycles. The first-order valence-corrected chi connectivity index (χ1v) is 5.18. The van der Waals surface area contributed by atoms with Crippen molar-refractivity contribution in [3.05, 3.63) is 18.0 Å². The van der Waals surface area contributed by atoms with E-state index in [-0.39, 0.29) is 5.91 Å². The van der Waals surface area contributed by atoms with E-state index in [1.54, 1.807) is 4.68 Å². The summed E-state index contributed by atoms with van der Waals surface area (Å²) in [6.45, 7) is 4.00. The van der Waals surface area contributed by atoms with Crippen LogP contribution in [-0.2, 0) is 18.4 Å². The van der Waals surface area contributed by atoms with Crippen LogP contribution in [0, 0.1) is 0 Å². The maximum Gasteiger partial charge on any atom is 0.221 e. The van der Waals surface area contributed by atoms with Crippen molar-refractivity contribution in [2.45, 2.75) is 19.9 Å². The normalized spacial score (nSPS) is 10.3. The Labute approximate surface area is 89.9 Å². The van der Waals surface area contributed by atoms with Gasteiger partial charge in [-0.25, -0.2) is 0 Å². The van der Waals surface area contributed by atoms with Crippen LogP contribution in [0.1, 0.15) is 19.0 Å². The lowest BCUT2D eigenvalue weighted by atomic mass is 10.3. The number of nitrogens with one attached hydrogen (secondary N) is 2. The summed E-state index contributed by atoms with van der Waals surface area (Å²) in [4.78, 5) is 11.1. The molecule has 1 heterocycles. The minimum atomic E-state index is 0.0889. The molecule has 0 saturated heterocycles. The number of amides is 1. The SMILES string of the molecule is CCNC(=O)CCNCc1ccn(C)n1. The Morgan fingerprint density at radius 3 is 3.00 bits per heavy atom. The minimum absolute atomic E-state index is 0.0889. The molecular formula is C10H18N4O. The monoisotopic (exact) mass is 210 g/mol. The third-order valence-corrected chi connectivity index (χ3v) is 1.98. The third-order valence-electron chi connectivity index (χ3n) is 1.98. The van der Waals surface area contributed by atoms with Crippen molar-refractivity contribution in [3.63, 3.8) is 0 Å². The minimum Gasteiger partial charge on any atom is -0.356 e. The highest BCUT2D eigenvalue weighted by Gasteiger charge is 1.99. The Morgan fingerprint density at radius 2 is 2.40 bits per heavy atom. The summed E-state index contributed by atoms with van der Waals surface area (Å²) in [6.07, 6.45) is 2.42. The van der Waals surface area contributed by atoms with Crippen molar-refractivity contribution in [2.75, 3.05) is 13.1 Å². The van der Waals surface area contributed by atoms with Gasteiger partial charge in [-0.15, -0.1) is 0 Å². The first-order chi connectivity index (χ1) is 7.22. The first kappa shape index (κ1) is 11.7. The standard InChI is InChI=1S/C10H18N4O/c1-3-12-10(15)4-6-11-8-9-5-7-14(2)13-9/h5,7,11H,3-4,6,8H2,1-2H3,(H,12,15). The molecule has 84 valence electrons. The summed E-state index contributed by atoms with van der Waals surface area (Å²) in [5.41, 5.74) is 0.994. The van der Waals surface area contributed by atoms with Gasteiger partial charge in [0.2, 0.25) is 5.91 Å². The van der Waals surface area contributed by atoms with Crippen molar-refractivity contribution >= 4 is 5.91 Å². The summed E-state index contributed by atoms with van der Waals surface area (Å²) in [7, 11) is 1.89. The van der Waals surface area contributed by atoms with E-state index in [0.717, 1.165) is 5.69 Å². The molecule has 1 rings (SSSR count). The summed E-state index contributed by atoms with van der Waals surface area (Å²) in [5.74, 6) is 0.0889. The van der Waals surface area contributed by atoms with Crippen molar-refractivity contribution in [3.8, 4) is 0 Å². The second-order valence-corrected chi connectivity index (χ2v) is 3.36. The van der Waals surface area contributed by atoms with E-state index in [4.69, 9.17) is 0 Å². The van der Waals surface area contributed by atoms with E-state index < -0.39 is 0 Å². The lowest BCUT2D eigenvalue weighted by molar-refractivity contribution is -0.120. The Hall–Kier alpha value is -1.36. The number of hydrogen-bond acceptors (Lipinski definition) is 3. The van der Waals surface area contributed by atoms with E-state index >= 15 is 0 Å². The molecule has 2 N–H and O–H groups in total. The highest BCUT2D eigenvalue weighted by molar-refractivity contribution is 5.75. The second-order valence-electron chi connectivity index (χ2n) is 3.36. The molecule has 0 unspecified atom stereocenters. The zero-order chi connectivity index (χ0) is 11.1. The van der Waals surface area contributed by atoms with Crippen molar-refractivity contribution in [1.82, 2.24) is 20.4 Å². The molecule has 0 bridgehead atoms. The molecule has 0 fully saturated rings. The van der Waals surface area contributed by atoms with Gasteiger partial charge in [-0.1, -0.05) is 0 Å². The lowest BCUT2D eigenvalue weighted by Gasteiger charge is -2.03. The van der Waals surface area contributed by atoms with E-state index in [1.165, 1.54) is 0 Å². The molecule has 1 amide bonds. The molecule has 0 saturated carbocycles. The smallest absolute Gasteiger partial charge is 0.221 e. The first-order valence-electron chi connectivity index (χ1n) is 5.18. The molecule has 1 aromatic rings. The molecule has 0 atom stereocenters. The highest BCUT2D eigenvalue weighted by atomic mass is 16.1. The van der Waals surface area contributed by atoms with E-state index in [9.17, 15) is 4.79 Å². The number of rotatable bonds is 6. The average Bonchev–Trinajstić information content (AvgIpc) is 2.60. The van der Waals surface area contributed by atoms with Gasteiger partial charge in [-0.3, -0.25) is 9.48 Å². The maximum absolute atomic E-state index is 11.1. The van der Waals surface area contributed by atoms with Gasteiger partial charge >= 0.3 is 0 Å². The summed E-state index contributed by atoms with van der Waals surface area (Å²) in [5, 5.41) is 10.1. The number of aryl methyl sites for hydroxylation is 1. The van der Waals surface area contributed by atoms with Crippen LogP contribution in [0.4, 0.5) is 0 Å². The summed E-state index contributed by atoms with van der Waals surface area (Å²) in [6, 6.07) is 1.96. The van der Waals surface area contributed by atoms with Crippen LogP contribution in [0.3, 0.4) is 0 Å².